The molecule has 4 aliphatic heterocycles. The number of hydrogen-bond donors (Lipinski definition) is 5. The highest BCUT2D eigenvalue weighted by molar-refractivity contribution is 5.97. The summed E-state index contributed by atoms with van der Waals surface area (Å²) in [6, 6.07) is 24.6. The van der Waals surface area contributed by atoms with Crippen molar-refractivity contribution in [3.8, 4) is 22.6 Å². The molecule has 0 spiro atoms. The number of unbranched alkanes of at least 4 members (excludes halogenated alkanes) is 1. The van der Waals surface area contributed by atoms with E-state index in [9.17, 15) is 29.7 Å². The first kappa shape index (κ1) is 36.4. The van der Waals surface area contributed by atoms with Crippen molar-refractivity contribution in [1.82, 2.24) is 14.8 Å². The Kier molecular flexibility index (Phi) is 10.3. The summed E-state index contributed by atoms with van der Waals surface area (Å²) < 4.78 is 12.8. The van der Waals surface area contributed by atoms with Gasteiger partial charge in [-0.1, -0.05) is 48.5 Å². The van der Waals surface area contributed by atoms with Gasteiger partial charge in [0, 0.05) is 37.3 Å². The first-order chi connectivity index (χ1) is 26.7. The predicted molar refractivity (Wildman–Crippen MR) is 208 cm³/mol. The Morgan fingerprint density at radius 3 is 2.55 bits per heavy atom. The molecule has 13 heteroatoms. The molecule has 55 heavy (non-hydrogen) atoms. The van der Waals surface area contributed by atoms with Crippen LogP contribution < -0.4 is 26.0 Å². The van der Waals surface area contributed by atoms with Gasteiger partial charge < -0.3 is 40.0 Å². The number of amides is 2. The maximum Gasteiger partial charge on any atom is 0.419 e. The second-order valence-electron chi connectivity index (χ2n) is 14.7. The van der Waals surface area contributed by atoms with E-state index in [-0.39, 0.29) is 42.3 Å². The normalized spacial score (nSPS) is 19.4. The third kappa shape index (κ3) is 7.55. The number of piperidine rings is 3. The average molecular weight is 748 g/mol. The number of rotatable bonds is 13. The number of carboxylic acid groups (broad SMARTS) is 1. The molecule has 5 aromatic rings. The van der Waals surface area contributed by atoms with E-state index in [1.165, 1.54) is 6.07 Å². The molecule has 2 atom stereocenters. The lowest BCUT2D eigenvalue weighted by molar-refractivity contribution is -0.118. The number of nitrogens with zero attached hydrogens (tertiary/aromatic N) is 3. The number of aliphatic hydroxyl groups excluding tert-OH is 1. The zero-order chi connectivity index (χ0) is 38.1. The molecule has 1 aromatic heterocycles. The lowest BCUT2D eigenvalue weighted by atomic mass is 9.82. The molecule has 5 heterocycles. The Morgan fingerprint density at radius 2 is 1.78 bits per heavy atom. The molecule has 1 unspecified atom stereocenters. The van der Waals surface area contributed by atoms with Crippen LogP contribution in [-0.2, 0) is 24.3 Å². The van der Waals surface area contributed by atoms with E-state index in [4.69, 9.17) is 9.15 Å². The third-order valence-electron chi connectivity index (χ3n) is 11.2. The zero-order valence-electron chi connectivity index (χ0n) is 30.4. The van der Waals surface area contributed by atoms with Gasteiger partial charge in [-0.2, -0.15) is 0 Å². The van der Waals surface area contributed by atoms with Crippen LogP contribution in [0.4, 0.5) is 16.2 Å². The van der Waals surface area contributed by atoms with Gasteiger partial charge in [-0.3, -0.25) is 14.3 Å². The van der Waals surface area contributed by atoms with Crippen LogP contribution in [0.2, 0.25) is 0 Å². The lowest BCUT2D eigenvalue weighted by Gasteiger charge is -2.48. The maximum atomic E-state index is 12.9. The number of ether oxygens (including phenoxy) is 1. The fourth-order valence-electron chi connectivity index (χ4n) is 8.38. The largest absolute Gasteiger partial charge is 0.506 e. The molecule has 2 bridgehead atoms. The summed E-state index contributed by atoms with van der Waals surface area (Å²) in [5.74, 6) is -0.355. The van der Waals surface area contributed by atoms with Gasteiger partial charge in [0.1, 0.15) is 11.4 Å². The van der Waals surface area contributed by atoms with Crippen LogP contribution in [0, 0.1) is 5.92 Å². The number of carbonyl (C=O) groups excluding carboxylic acids is 1. The second kappa shape index (κ2) is 15.6. The molecular formula is C42H45N5O8. The molecule has 4 aromatic carbocycles. The molecule has 3 fully saturated rings. The summed E-state index contributed by atoms with van der Waals surface area (Å²) in [7, 11) is 0. The van der Waals surface area contributed by atoms with E-state index in [0.29, 0.717) is 35.7 Å². The number of nitrogens with one attached hydrogen (secondary N) is 2. The number of oxazole rings is 1. The number of hydrogen-bond acceptors (Lipinski definition) is 9. The van der Waals surface area contributed by atoms with Gasteiger partial charge in [-0.15, -0.1) is 0 Å². The topological polar surface area (TPSA) is 170 Å². The van der Waals surface area contributed by atoms with Crippen molar-refractivity contribution >= 4 is 34.5 Å². The van der Waals surface area contributed by atoms with Gasteiger partial charge in [0.15, 0.2) is 17.9 Å². The van der Waals surface area contributed by atoms with E-state index in [0.717, 1.165) is 79.7 Å². The standard InChI is InChI=1S/C42H45N5O8/c48-35-14-12-31(40-39(35)44-38(50)25-54-40)36(49)23-43-22-27-10-13-32-37(21-27)55-42(53)46(32)17-5-4-6-26-9-11-30(28-7-2-1-3-8-28)33(20-26)47(41(51)52)34-24-45-18-15-29(34)16-19-45/h1-3,7-14,20-21,29,34,36,43,48-49H,4-6,15-19,22-25H2,(H,44,50)(H,51,52)/t34?,36-/m0/s1. The van der Waals surface area contributed by atoms with Crippen molar-refractivity contribution in [2.24, 2.45) is 5.92 Å². The van der Waals surface area contributed by atoms with Crippen LogP contribution in [0.1, 0.15) is 48.5 Å². The molecule has 3 saturated heterocycles. The number of anilines is 2. The van der Waals surface area contributed by atoms with E-state index >= 15 is 0 Å². The van der Waals surface area contributed by atoms with Crippen LogP contribution in [0.15, 0.2) is 88.1 Å². The van der Waals surface area contributed by atoms with Gasteiger partial charge in [-0.25, -0.2) is 9.59 Å². The Labute approximate surface area is 317 Å². The molecular weight excluding hydrogens is 702 g/mol. The van der Waals surface area contributed by atoms with E-state index < -0.39 is 18.0 Å². The predicted octanol–water partition coefficient (Wildman–Crippen LogP) is 5.72. The first-order valence-electron chi connectivity index (χ1n) is 19.0. The number of aliphatic hydroxyl groups is 1. The van der Waals surface area contributed by atoms with Crippen molar-refractivity contribution in [3.05, 3.63) is 106 Å². The second-order valence-corrected chi connectivity index (χ2v) is 14.7. The highest BCUT2D eigenvalue weighted by Crippen LogP contribution is 2.42. The van der Waals surface area contributed by atoms with E-state index in [1.54, 1.807) is 15.5 Å². The van der Waals surface area contributed by atoms with Crippen LogP contribution in [0.3, 0.4) is 0 Å². The molecule has 4 aliphatic rings. The number of phenolic OH excluding ortho intramolecular Hbond substituents is 1. The van der Waals surface area contributed by atoms with Gasteiger partial charge in [0.2, 0.25) is 0 Å². The molecule has 0 aliphatic carbocycles. The number of aryl methyl sites for hydroxylation is 2. The number of aromatic hydroxyl groups is 1. The van der Waals surface area contributed by atoms with Crippen molar-refractivity contribution in [3.63, 3.8) is 0 Å². The molecule has 5 N–H and O–H groups in total. The van der Waals surface area contributed by atoms with E-state index in [1.807, 2.05) is 60.7 Å². The number of fused-ring (bicyclic) bond motifs is 5. The molecule has 0 saturated carbocycles. The van der Waals surface area contributed by atoms with Crippen LogP contribution in [-0.4, -0.2) is 75.6 Å². The summed E-state index contributed by atoms with van der Waals surface area (Å²) in [5, 5.41) is 37.4. The highest BCUT2D eigenvalue weighted by Gasteiger charge is 2.41. The molecule has 286 valence electrons. The fraction of sp³-hybridized carbons (Fsp3) is 0.357. The molecule has 13 nitrogen and oxygen atoms in total. The van der Waals surface area contributed by atoms with Crippen LogP contribution in [0.5, 0.6) is 11.5 Å². The Morgan fingerprint density at radius 1 is 0.982 bits per heavy atom. The summed E-state index contributed by atoms with van der Waals surface area (Å²) in [5.41, 5.74) is 6.30. The van der Waals surface area contributed by atoms with Gasteiger partial charge in [0.25, 0.3) is 5.91 Å². The van der Waals surface area contributed by atoms with E-state index in [2.05, 4.69) is 21.6 Å². The minimum Gasteiger partial charge on any atom is -0.506 e. The number of phenols is 1. The quantitative estimate of drug-likeness (QED) is 0.0742. The first-order valence-corrected chi connectivity index (χ1v) is 19.0. The van der Waals surface area contributed by atoms with Gasteiger partial charge >= 0.3 is 11.8 Å². The SMILES string of the molecule is O=C1COc2c([C@@H](O)CNCc3ccc4c(c3)oc(=O)n4CCCCc3ccc(-c4ccccc4)c(N(C(=O)O)C4CN5CCC4CC5)c3)ccc(O)c2N1. The minimum atomic E-state index is -0.971. The monoisotopic (exact) mass is 747 g/mol. The summed E-state index contributed by atoms with van der Waals surface area (Å²) in [4.78, 5) is 41.6. The van der Waals surface area contributed by atoms with Crippen molar-refractivity contribution in [2.45, 2.75) is 57.3 Å². The van der Waals surface area contributed by atoms with Gasteiger partial charge in [-0.05, 0) is 98.1 Å². The Hall–Kier alpha value is -5.63. The average Bonchev–Trinajstić information content (AvgIpc) is 3.51. The Balaban J connectivity index is 0.907. The Bertz CT molecular complexity index is 2260. The zero-order valence-corrected chi connectivity index (χ0v) is 30.4. The minimum absolute atomic E-state index is 0.0838. The fourth-order valence-corrected chi connectivity index (χ4v) is 8.38. The molecule has 2 amide bonds. The van der Waals surface area contributed by atoms with Crippen molar-refractivity contribution in [2.75, 3.05) is 43.0 Å². The number of carbonyl (C=O) groups is 2. The third-order valence-corrected chi connectivity index (χ3v) is 11.2. The van der Waals surface area contributed by atoms with Crippen LogP contribution in [0.25, 0.3) is 22.2 Å². The van der Waals surface area contributed by atoms with Gasteiger partial charge in [0.05, 0.1) is 23.3 Å². The summed E-state index contributed by atoms with van der Waals surface area (Å²) >= 11 is 0. The summed E-state index contributed by atoms with van der Waals surface area (Å²) in [6.45, 7) is 3.65. The van der Waals surface area contributed by atoms with Crippen molar-refractivity contribution in [1.29, 1.82) is 0 Å². The molecule has 0 radical (unpaired) electrons. The lowest BCUT2D eigenvalue weighted by Crippen LogP contribution is -2.59. The molecule has 9 rings (SSSR count). The van der Waals surface area contributed by atoms with Crippen LogP contribution >= 0.6 is 0 Å². The number of benzene rings is 4. The maximum absolute atomic E-state index is 12.9. The number of aromatic nitrogens is 1. The highest BCUT2D eigenvalue weighted by atomic mass is 16.5. The summed E-state index contributed by atoms with van der Waals surface area (Å²) in [6.07, 6.45) is 2.39. The van der Waals surface area contributed by atoms with Crippen molar-refractivity contribution < 1.29 is 34.1 Å². The smallest absolute Gasteiger partial charge is 0.419 e.